The molecule has 2 aromatic carbocycles. The first kappa shape index (κ1) is 19.9. The normalized spacial score (nSPS) is 11.6. The highest BCUT2D eigenvalue weighted by molar-refractivity contribution is 5.97. The molecule has 0 saturated heterocycles. The Kier molecular flexibility index (Phi) is 5.16. The van der Waals surface area contributed by atoms with E-state index in [1.807, 2.05) is 84.0 Å². The third-order valence-electron chi connectivity index (χ3n) is 4.95. The molecule has 0 atom stereocenters. The number of aryl methyl sites for hydroxylation is 3. The van der Waals surface area contributed by atoms with Gasteiger partial charge in [-0.15, -0.1) is 0 Å². The molecule has 3 rings (SSSR count). The Balaban J connectivity index is 2.12. The van der Waals surface area contributed by atoms with Crippen molar-refractivity contribution in [2.75, 3.05) is 4.90 Å². The number of anilines is 1. The second kappa shape index (κ2) is 7.27. The number of amides is 1. The number of nitrogens with one attached hydrogen (secondary N) is 1. The van der Waals surface area contributed by atoms with Crippen molar-refractivity contribution in [2.24, 2.45) is 5.41 Å². The van der Waals surface area contributed by atoms with Crippen molar-refractivity contribution in [2.45, 2.75) is 48.1 Å². The van der Waals surface area contributed by atoms with Gasteiger partial charge in [-0.2, -0.15) is 0 Å². The van der Waals surface area contributed by atoms with Crippen molar-refractivity contribution in [3.63, 3.8) is 0 Å². The third kappa shape index (κ3) is 4.01. The van der Waals surface area contributed by atoms with E-state index in [1.54, 1.807) is 4.90 Å². The highest BCUT2D eigenvalue weighted by atomic mass is 16.2. The first-order valence-corrected chi connectivity index (χ1v) is 9.58. The van der Waals surface area contributed by atoms with Crippen LogP contribution in [0.4, 0.5) is 5.69 Å². The van der Waals surface area contributed by atoms with Crippen LogP contribution in [0, 0.1) is 26.2 Å². The summed E-state index contributed by atoms with van der Waals surface area (Å²) in [5, 5.41) is 0.962. The van der Waals surface area contributed by atoms with E-state index in [0.717, 1.165) is 33.3 Å². The molecule has 1 N–H and O–H groups in total. The number of carbonyl (C=O) groups excluding carboxylic acids is 1. The average molecular weight is 377 g/mol. The number of aromatic nitrogens is 1. The van der Waals surface area contributed by atoms with Gasteiger partial charge in [-0.25, -0.2) is 0 Å². The summed E-state index contributed by atoms with van der Waals surface area (Å²) in [7, 11) is 0. The summed E-state index contributed by atoms with van der Waals surface area (Å²) in [5.74, 6) is -0.00963. The first-order valence-electron chi connectivity index (χ1n) is 9.58. The molecular weight excluding hydrogens is 348 g/mol. The van der Waals surface area contributed by atoms with Crippen molar-refractivity contribution < 1.29 is 4.79 Å². The number of hydrogen-bond donors (Lipinski definition) is 1. The lowest BCUT2D eigenvalue weighted by Gasteiger charge is -2.31. The van der Waals surface area contributed by atoms with Gasteiger partial charge in [0, 0.05) is 22.2 Å². The Morgan fingerprint density at radius 1 is 0.964 bits per heavy atom. The van der Waals surface area contributed by atoms with Crippen LogP contribution in [0.1, 0.15) is 43.0 Å². The molecule has 0 unspecified atom stereocenters. The largest absolute Gasteiger partial charge is 0.322 e. The maximum atomic E-state index is 13.3. The second-order valence-corrected chi connectivity index (χ2v) is 8.65. The number of fused-ring (bicyclic) bond motifs is 1. The lowest BCUT2D eigenvalue weighted by Crippen LogP contribution is -2.40. The third-order valence-corrected chi connectivity index (χ3v) is 4.95. The van der Waals surface area contributed by atoms with Gasteiger partial charge in [-0.05, 0) is 61.0 Å². The molecule has 4 nitrogen and oxygen atoms in total. The van der Waals surface area contributed by atoms with Gasteiger partial charge in [0.05, 0.1) is 6.54 Å². The number of aromatic amines is 1. The Morgan fingerprint density at radius 3 is 2.29 bits per heavy atom. The maximum Gasteiger partial charge on any atom is 0.253 e. The molecule has 1 aromatic heterocycles. The van der Waals surface area contributed by atoms with Crippen LogP contribution in [0.5, 0.6) is 0 Å². The molecule has 146 valence electrons. The number of pyridine rings is 1. The van der Waals surface area contributed by atoms with Crippen LogP contribution in [0.15, 0.2) is 47.3 Å². The Bertz CT molecular complexity index is 1100. The van der Waals surface area contributed by atoms with E-state index in [9.17, 15) is 9.59 Å². The Hall–Kier alpha value is -2.88. The van der Waals surface area contributed by atoms with E-state index in [1.165, 1.54) is 0 Å². The fraction of sp³-hybridized carbons (Fsp3) is 0.333. The zero-order valence-corrected chi connectivity index (χ0v) is 17.5. The zero-order valence-electron chi connectivity index (χ0n) is 17.5. The zero-order chi connectivity index (χ0) is 20.6. The summed E-state index contributed by atoms with van der Waals surface area (Å²) in [6.07, 6.45) is 0. The molecule has 0 fully saturated rings. The van der Waals surface area contributed by atoms with Crippen LogP contribution in [-0.4, -0.2) is 10.9 Å². The van der Waals surface area contributed by atoms with Crippen molar-refractivity contribution in [1.82, 2.24) is 4.98 Å². The molecule has 0 aliphatic heterocycles. The van der Waals surface area contributed by atoms with Gasteiger partial charge in [0.1, 0.15) is 0 Å². The minimum absolute atomic E-state index is 0.00963. The molecule has 0 bridgehead atoms. The Morgan fingerprint density at radius 2 is 1.61 bits per heavy atom. The van der Waals surface area contributed by atoms with E-state index in [0.29, 0.717) is 5.56 Å². The quantitative estimate of drug-likeness (QED) is 0.697. The number of H-pyrrole nitrogens is 1. The van der Waals surface area contributed by atoms with Gasteiger partial charge in [0.15, 0.2) is 0 Å². The van der Waals surface area contributed by atoms with E-state index >= 15 is 0 Å². The Labute approximate surface area is 166 Å². The molecular formula is C24H28N2O2. The van der Waals surface area contributed by atoms with Gasteiger partial charge in [-0.3, -0.25) is 9.59 Å². The van der Waals surface area contributed by atoms with Crippen LogP contribution in [-0.2, 0) is 11.3 Å². The van der Waals surface area contributed by atoms with Crippen LogP contribution in [0.3, 0.4) is 0 Å². The number of hydrogen-bond acceptors (Lipinski definition) is 2. The van der Waals surface area contributed by atoms with Gasteiger partial charge in [-0.1, -0.05) is 45.0 Å². The molecule has 1 heterocycles. The standard InChI is InChI=1S/C24H28N2O2/c1-15-8-10-18-13-19(22(27)25-20(18)11-15)14-26(23(28)24(4,5)6)21-12-16(2)7-9-17(21)3/h7-13H,14H2,1-6H3,(H,25,27). The summed E-state index contributed by atoms with van der Waals surface area (Å²) in [4.78, 5) is 30.7. The predicted molar refractivity (Wildman–Crippen MR) is 116 cm³/mol. The smallest absolute Gasteiger partial charge is 0.253 e. The molecule has 4 heteroatoms. The second-order valence-electron chi connectivity index (χ2n) is 8.65. The van der Waals surface area contributed by atoms with Gasteiger partial charge >= 0.3 is 0 Å². The summed E-state index contributed by atoms with van der Waals surface area (Å²) in [6, 6.07) is 13.9. The van der Waals surface area contributed by atoms with E-state index in [4.69, 9.17) is 0 Å². The average Bonchev–Trinajstić information content (AvgIpc) is 2.61. The molecule has 3 aromatic rings. The monoisotopic (exact) mass is 376 g/mol. The molecule has 0 saturated carbocycles. The highest BCUT2D eigenvalue weighted by Gasteiger charge is 2.29. The van der Waals surface area contributed by atoms with Crippen LogP contribution in [0.25, 0.3) is 10.9 Å². The lowest BCUT2D eigenvalue weighted by molar-refractivity contribution is -0.125. The molecule has 0 aliphatic carbocycles. The topological polar surface area (TPSA) is 53.2 Å². The number of rotatable bonds is 3. The molecule has 1 amide bonds. The molecule has 28 heavy (non-hydrogen) atoms. The molecule has 0 aliphatic rings. The minimum atomic E-state index is -0.559. The summed E-state index contributed by atoms with van der Waals surface area (Å²) >= 11 is 0. The van der Waals surface area contributed by atoms with Crippen molar-refractivity contribution in [3.8, 4) is 0 Å². The maximum absolute atomic E-state index is 13.3. The van der Waals surface area contributed by atoms with Crippen LogP contribution in [0.2, 0.25) is 0 Å². The van der Waals surface area contributed by atoms with Crippen molar-refractivity contribution >= 4 is 22.5 Å². The number of nitrogens with zero attached hydrogens (tertiary/aromatic N) is 1. The SMILES string of the molecule is Cc1ccc(C)c(N(Cc2cc3ccc(C)cc3[nH]c2=O)C(=O)C(C)(C)C)c1. The fourth-order valence-electron chi connectivity index (χ4n) is 3.33. The summed E-state index contributed by atoms with van der Waals surface area (Å²) < 4.78 is 0. The van der Waals surface area contributed by atoms with Gasteiger partial charge in [0.25, 0.3) is 5.56 Å². The van der Waals surface area contributed by atoms with Crippen LogP contribution >= 0.6 is 0 Å². The summed E-state index contributed by atoms with van der Waals surface area (Å²) in [5.41, 5.74) is 4.71. The fourth-order valence-corrected chi connectivity index (χ4v) is 3.33. The van der Waals surface area contributed by atoms with E-state index in [-0.39, 0.29) is 18.0 Å². The molecule has 0 radical (unpaired) electrons. The number of carbonyl (C=O) groups is 1. The van der Waals surface area contributed by atoms with E-state index in [2.05, 4.69) is 4.98 Å². The van der Waals surface area contributed by atoms with Gasteiger partial charge in [0.2, 0.25) is 5.91 Å². The first-order chi connectivity index (χ1) is 13.1. The highest BCUT2D eigenvalue weighted by Crippen LogP contribution is 2.28. The lowest BCUT2D eigenvalue weighted by atomic mass is 9.93. The summed E-state index contributed by atoms with van der Waals surface area (Å²) in [6.45, 7) is 11.9. The minimum Gasteiger partial charge on any atom is -0.322 e. The van der Waals surface area contributed by atoms with E-state index < -0.39 is 5.41 Å². The number of benzene rings is 2. The molecule has 0 spiro atoms. The van der Waals surface area contributed by atoms with Crippen molar-refractivity contribution in [1.29, 1.82) is 0 Å². The predicted octanol–water partition coefficient (Wildman–Crippen LogP) is 5.03. The van der Waals surface area contributed by atoms with Crippen molar-refractivity contribution in [3.05, 3.63) is 75.1 Å². The van der Waals surface area contributed by atoms with Gasteiger partial charge < -0.3 is 9.88 Å². The van der Waals surface area contributed by atoms with Crippen LogP contribution < -0.4 is 10.5 Å².